The molecule has 0 spiro atoms. The molecule has 2 aliphatic rings. The van der Waals surface area contributed by atoms with Crippen molar-refractivity contribution in [2.24, 2.45) is 0 Å². The van der Waals surface area contributed by atoms with Gasteiger partial charge in [0.1, 0.15) is 11.4 Å². The maximum Gasteiger partial charge on any atom is 0.269 e. The molecule has 1 heterocycles. The Labute approximate surface area is 147 Å². The second-order valence-corrected chi connectivity index (χ2v) is 7.10. The Hall–Kier alpha value is -2.34. The second kappa shape index (κ2) is 6.88. The number of rotatable bonds is 5. The monoisotopic (exact) mass is 340 g/mol. The molecule has 6 heteroatoms. The van der Waals surface area contributed by atoms with Crippen LogP contribution in [0.4, 0.5) is 0 Å². The molecule has 6 nitrogen and oxygen atoms in total. The van der Waals surface area contributed by atoms with Gasteiger partial charge in [0.25, 0.3) is 5.91 Å². The third kappa shape index (κ3) is 3.39. The maximum absolute atomic E-state index is 12.5. The Morgan fingerprint density at radius 3 is 2.60 bits per heavy atom. The summed E-state index contributed by atoms with van der Waals surface area (Å²) in [4.78, 5) is 12.5. The van der Waals surface area contributed by atoms with Crippen molar-refractivity contribution in [2.75, 3.05) is 0 Å². The van der Waals surface area contributed by atoms with Gasteiger partial charge in [-0.1, -0.05) is 25.0 Å². The Morgan fingerprint density at radius 1 is 1.12 bits per heavy atom. The van der Waals surface area contributed by atoms with Gasteiger partial charge >= 0.3 is 0 Å². The molecule has 1 aromatic carbocycles. The first-order valence-corrected chi connectivity index (χ1v) is 9.11. The highest BCUT2D eigenvalue weighted by atomic mass is 16.3. The molecule has 0 bridgehead atoms. The van der Waals surface area contributed by atoms with Crippen molar-refractivity contribution in [3.63, 3.8) is 0 Å². The van der Waals surface area contributed by atoms with E-state index < -0.39 is 0 Å². The molecule has 2 aliphatic carbocycles. The van der Waals surface area contributed by atoms with Gasteiger partial charge in [-0.3, -0.25) is 9.89 Å². The van der Waals surface area contributed by atoms with E-state index in [0.29, 0.717) is 29.0 Å². The molecule has 2 fully saturated rings. The number of aromatic hydroxyl groups is 1. The van der Waals surface area contributed by atoms with Crippen LogP contribution >= 0.6 is 0 Å². The first kappa shape index (κ1) is 16.1. The van der Waals surface area contributed by atoms with Crippen molar-refractivity contribution in [3.8, 4) is 17.0 Å². The summed E-state index contributed by atoms with van der Waals surface area (Å²) in [5.41, 5.74) is 1.60. The molecule has 132 valence electrons. The number of para-hydroxylation sites is 1. The molecule has 25 heavy (non-hydrogen) atoms. The number of phenolic OH excluding ortho intramolecular Hbond substituents is 1. The fraction of sp³-hybridized carbons (Fsp3) is 0.474. The van der Waals surface area contributed by atoms with Crippen molar-refractivity contribution in [2.45, 2.75) is 56.7 Å². The highest BCUT2D eigenvalue weighted by molar-refractivity contribution is 5.93. The third-order valence-corrected chi connectivity index (χ3v) is 5.40. The van der Waals surface area contributed by atoms with Crippen molar-refractivity contribution in [3.05, 3.63) is 36.0 Å². The number of aromatic amines is 1. The van der Waals surface area contributed by atoms with E-state index in [1.165, 1.54) is 25.7 Å². The fourth-order valence-electron chi connectivity index (χ4n) is 3.78. The topological polar surface area (TPSA) is 90.0 Å². The van der Waals surface area contributed by atoms with Gasteiger partial charge in [-0.15, -0.1) is 0 Å². The predicted molar refractivity (Wildman–Crippen MR) is 95.4 cm³/mol. The molecule has 0 unspecified atom stereocenters. The molecule has 2 atom stereocenters. The zero-order chi connectivity index (χ0) is 17.2. The summed E-state index contributed by atoms with van der Waals surface area (Å²) >= 11 is 0. The minimum atomic E-state index is -0.142. The number of H-pyrrole nitrogens is 1. The Kier molecular flexibility index (Phi) is 4.44. The van der Waals surface area contributed by atoms with E-state index in [0.717, 1.165) is 12.8 Å². The van der Waals surface area contributed by atoms with Gasteiger partial charge in [0, 0.05) is 23.7 Å². The number of nitrogens with one attached hydrogen (secondary N) is 3. The second-order valence-electron chi connectivity index (χ2n) is 7.10. The number of hydrogen-bond donors (Lipinski definition) is 4. The number of hydrogen-bond acceptors (Lipinski definition) is 4. The Balaban J connectivity index is 1.38. The van der Waals surface area contributed by atoms with Crippen LogP contribution in [0.2, 0.25) is 0 Å². The largest absolute Gasteiger partial charge is 0.507 e. The van der Waals surface area contributed by atoms with Gasteiger partial charge in [0.05, 0.1) is 5.69 Å². The highest BCUT2D eigenvalue weighted by Gasteiger charge is 2.34. The zero-order valence-corrected chi connectivity index (χ0v) is 14.2. The van der Waals surface area contributed by atoms with Crippen LogP contribution in [0, 0.1) is 0 Å². The van der Waals surface area contributed by atoms with Crippen LogP contribution in [0.15, 0.2) is 30.3 Å². The third-order valence-electron chi connectivity index (χ3n) is 5.40. The molecule has 4 rings (SSSR count). The lowest BCUT2D eigenvalue weighted by Crippen LogP contribution is -2.58. The van der Waals surface area contributed by atoms with E-state index in [1.54, 1.807) is 24.3 Å². The van der Waals surface area contributed by atoms with Crippen LogP contribution in [0.1, 0.15) is 49.0 Å². The number of carbonyl (C=O) groups excluding carboxylic acids is 1. The van der Waals surface area contributed by atoms with Crippen molar-refractivity contribution >= 4 is 5.91 Å². The van der Waals surface area contributed by atoms with Crippen LogP contribution in [0.25, 0.3) is 11.3 Å². The highest BCUT2D eigenvalue weighted by Crippen LogP contribution is 2.28. The summed E-state index contributed by atoms with van der Waals surface area (Å²) < 4.78 is 0. The van der Waals surface area contributed by atoms with Gasteiger partial charge in [0.15, 0.2) is 0 Å². The lowest BCUT2D eigenvalue weighted by molar-refractivity contribution is 0.0884. The van der Waals surface area contributed by atoms with Gasteiger partial charge in [0.2, 0.25) is 0 Å². The van der Waals surface area contributed by atoms with Crippen LogP contribution in [0.5, 0.6) is 5.75 Å². The fourth-order valence-corrected chi connectivity index (χ4v) is 3.78. The number of nitrogens with zero attached hydrogens (tertiary/aromatic N) is 1. The number of benzene rings is 1. The Bertz CT molecular complexity index is 751. The minimum absolute atomic E-state index is 0.142. The van der Waals surface area contributed by atoms with Gasteiger partial charge in [-0.05, 0) is 43.9 Å². The van der Waals surface area contributed by atoms with Gasteiger partial charge in [-0.25, -0.2) is 0 Å². The van der Waals surface area contributed by atoms with Crippen LogP contribution in [-0.4, -0.2) is 39.3 Å². The Morgan fingerprint density at radius 2 is 1.88 bits per heavy atom. The lowest BCUT2D eigenvalue weighted by atomic mass is 9.85. The van der Waals surface area contributed by atoms with Crippen molar-refractivity contribution in [1.29, 1.82) is 0 Å². The van der Waals surface area contributed by atoms with Gasteiger partial charge < -0.3 is 15.7 Å². The van der Waals surface area contributed by atoms with E-state index >= 15 is 0 Å². The summed E-state index contributed by atoms with van der Waals surface area (Å²) in [7, 11) is 0. The molecule has 0 aliphatic heterocycles. The van der Waals surface area contributed by atoms with Crippen molar-refractivity contribution in [1.82, 2.24) is 20.8 Å². The molecular formula is C19H24N4O2. The molecule has 1 aromatic heterocycles. The molecule has 2 aromatic rings. The van der Waals surface area contributed by atoms with Gasteiger partial charge in [-0.2, -0.15) is 5.10 Å². The number of aromatic nitrogens is 2. The number of amides is 1. The summed E-state index contributed by atoms with van der Waals surface area (Å²) in [6.07, 6.45) is 7.25. The first-order valence-electron chi connectivity index (χ1n) is 9.11. The average Bonchev–Trinajstić information content (AvgIpc) is 3.28. The van der Waals surface area contributed by atoms with E-state index in [1.807, 2.05) is 6.07 Å². The average molecular weight is 340 g/mol. The molecule has 1 amide bonds. The first-order chi connectivity index (χ1) is 12.2. The standard InChI is InChI=1S/C19H24N4O2/c24-18-8-4-3-7-13(18)16-11-17(23-22-16)19(25)21-15-10-9-14(15)20-12-5-1-2-6-12/h3-4,7-8,11-12,14-15,20,24H,1-2,5-6,9-10H2,(H,21,25)(H,22,23)/t14-,15+/m1/s1. The summed E-state index contributed by atoms with van der Waals surface area (Å²) in [6, 6.07) is 9.84. The summed E-state index contributed by atoms with van der Waals surface area (Å²) in [5, 5.41) is 23.6. The number of phenols is 1. The zero-order valence-electron chi connectivity index (χ0n) is 14.2. The van der Waals surface area contributed by atoms with E-state index in [4.69, 9.17) is 0 Å². The van der Waals surface area contributed by atoms with E-state index in [-0.39, 0.29) is 17.7 Å². The summed E-state index contributed by atoms with van der Waals surface area (Å²) in [5.74, 6) is 0.0119. The molecule has 0 radical (unpaired) electrons. The van der Waals surface area contributed by atoms with Crippen LogP contribution in [0.3, 0.4) is 0 Å². The van der Waals surface area contributed by atoms with E-state index in [9.17, 15) is 9.90 Å². The smallest absolute Gasteiger partial charge is 0.269 e. The normalized spacial score (nSPS) is 23.4. The summed E-state index contributed by atoms with van der Waals surface area (Å²) in [6.45, 7) is 0. The van der Waals surface area contributed by atoms with Crippen molar-refractivity contribution < 1.29 is 9.90 Å². The van der Waals surface area contributed by atoms with Crippen LogP contribution in [-0.2, 0) is 0 Å². The quantitative estimate of drug-likeness (QED) is 0.673. The predicted octanol–water partition coefficient (Wildman–Crippen LogP) is 2.58. The SMILES string of the molecule is O=C(N[C@H]1CC[C@H]1NC1CCCC1)c1cc(-c2ccccc2O)n[nH]1. The lowest BCUT2D eigenvalue weighted by Gasteiger charge is -2.39. The van der Waals surface area contributed by atoms with E-state index in [2.05, 4.69) is 20.8 Å². The molecule has 4 N–H and O–H groups in total. The van der Waals surface area contributed by atoms with Crippen LogP contribution < -0.4 is 10.6 Å². The number of carbonyl (C=O) groups is 1. The maximum atomic E-state index is 12.5. The molecule has 0 saturated heterocycles. The molecular weight excluding hydrogens is 316 g/mol. The molecule has 2 saturated carbocycles. The minimum Gasteiger partial charge on any atom is -0.507 e.